The van der Waals surface area contributed by atoms with Crippen molar-refractivity contribution in [2.24, 2.45) is 5.92 Å². The van der Waals surface area contributed by atoms with E-state index in [0.29, 0.717) is 25.7 Å². The third-order valence-electron chi connectivity index (χ3n) is 2.43. The van der Waals surface area contributed by atoms with Crippen LogP contribution >= 0.6 is 0 Å². The predicted octanol–water partition coefficient (Wildman–Crippen LogP) is 2.24. The summed E-state index contributed by atoms with van der Waals surface area (Å²) in [6, 6.07) is 0. The molecule has 0 aromatic carbocycles. The molecule has 4 heteroatoms. The summed E-state index contributed by atoms with van der Waals surface area (Å²) in [5.41, 5.74) is 0. The minimum Gasteiger partial charge on any atom is -0.391 e. The smallest absolute Gasteiger partial charge is 0.0781 e. The summed E-state index contributed by atoms with van der Waals surface area (Å²) >= 11 is 0. The van der Waals surface area contributed by atoms with Crippen molar-refractivity contribution < 1.29 is 19.3 Å². The fraction of sp³-hybridized carbons (Fsp3) is 1.00. The Labute approximate surface area is 112 Å². The number of hydrogen-bond donors (Lipinski definition) is 1. The van der Waals surface area contributed by atoms with Crippen LogP contribution in [0.1, 0.15) is 41.0 Å². The first-order valence-corrected chi connectivity index (χ1v) is 6.90. The van der Waals surface area contributed by atoms with Gasteiger partial charge in [0.2, 0.25) is 0 Å². The molecular weight excluding hydrogens is 232 g/mol. The lowest BCUT2D eigenvalue weighted by Gasteiger charge is -2.18. The van der Waals surface area contributed by atoms with Crippen molar-refractivity contribution in [3.8, 4) is 0 Å². The molecule has 0 aliphatic carbocycles. The van der Waals surface area contributed by atoms with Crippen LogP contribution in [0.5, 0.6) is 0 Å². The molecular formula is C14H30O4. The fourth-order valence-electron chi connectivity index (χ4n) is 1.27. The van der Waals surface area contributed by atoms with E-state index in [1.165, 1.54) is 0 Å². The maximum absolute atomic E-state index is 9.08. The van der Waals surface area contributed by atoms with Crippen LogP contribution in [-0.4, -0.2) is 49.8 Å². The quantitative estimate of drug-likeness (QED) is 0.580. The van der Waals surface area contributed by atoms with Crippen molar-refractivity contribution in [1.29, 1.82) is 0 Å². The Kier molecular flexibility index (Phi) is 10.6. The predicted molar refractivity (Wildman–Crippen MR) is 72.8 cm³/mol. The molecule has 0 fully saturated rings. The van der Waals surface area contributed by atoms with E-state index in [-0.39, 0.29) is 12.2 Å². The first kappa shape index (κ1) is 17.8. The largest absolute Gasteiger partial charge is 0.391 e. The van der Waals surface area contributed by atoms with E-state index in [4.69, 9.17) is 19.3 Å². The van der Waals surface area contributed by atoms with Gasteiger partial charge >= 0.3 is 0 Å². The van der Waals surface area contributed by atoms with Crippen LogP contribution < -0.4 is 0 Å². The molecule has 0 heterocycles. The van der Waals surface area contributed by atoms with Gasteiger partial charge in [-0.3, -0.25) is 0 Å². The highest BCUT2D eigenvalue weighted by Gasteiger charge is 2.08. The Morgan fingerprint density at radius 1 is 0.833 bits per heavy atom. The summed E-state index contributed by atoms with van der Waals surface area (Å²) in [5, 5.41) is 9.08. The summed E-state index contributed by atoms with van der Waals surface area (Å²) in [7, 11) is 0. The zero-order valence-electron chi connectivity index (χ0n) is 12.5. The minimum absolute atomic E-state index is 0.00212. The lowest BCUT2D eigenvalue weighted by Crippen LogP contribution is -2.25. The highest BCUT2D eigenvalue weighted by molar-refractivity contribution is 4.54. The lowest BCUT2D eigenvalue weighted by molar-refractivity contribution is -0.0704. The SMILES string of the molecule is CC(C)CCOCC(C)OCC(C)OCC(C)O. The molecule has 0 rings (SSSR count). The summed E-state index contributed by atoms with van der Waals surface area (Å²) in [6.07, 6.45) is 0.734. The van der Waals surface area contributed by atoms with Crippen LogP contribution in [0.2, 0.25) is 0 Å². The first-order valence-electron chi connectivity index (χ1n) is 6.90. The maximum atomic E-state index is 9.08. The number of hydrogen-bond acceptors (Lipinski definition) is 4. The molecule has 0 saturated carbocycles. The van der Waals surface area contributed by atoms with Crippen LogP contribution in [0.25, 0.3) is 0 Å². The van der Waals surface area contributed by atoms with Gasteiger partial charge in [-0.15, -0.1) is 0 Å². The Hall–Kier alpha value is -0.160. The van der Waals surface area contributed by atoms with Gasteiger partial charge in [0.25, 0.3) is 0 Å². The third kappa shape index (κ3) is 12.3. The molecule has 0 aliphatic rings. The topological polar surface area (TPSA) is 47.9 Å². The van der Waals surface area contributed by atoms with Crippen LogP contribution in [0.3, 0.4) is 0 Å². The maximum Gasteiger partial charge on any atom is 0.0781 e. The third-order valence-corrected chi connectivity index (χ3v) is 2.43. The molecule has 0 spiro atoms. The van der Waals surface area contributed by atoms with E-state index in [9.17, 15) is 0 Å². The highest BCUT2D eigenvalue weighted by atomic mass is 16.6. The summed E-state index contributed by atoms with van der Waals surface area (Å²) in [6.45, 7) is 12.3. The van der Waals surface area contributed by atoms with E-state index in [0.717, 1.165) is 13.0 Å². The van der Waals surface area contributed by atoms with Crippen molar-refractivity contribution in [2.45, 2.75) is 59.4 Å². The molecule has 0 amide bonds. The Bertz CT molecular complexity index is 183. The van der Waals surface area contributed by atoms with Crippen LogP contribution in [0.15, 0.2) is 0 Å². The summed E-state index contributed by atoms with van der Waals surface area (Å²) in [5.74, 6) is 0.676. The van der Waals surface area contributed by atoms with Crippen molar-refractivity contribution in [3.05, 3.63) is 0 Å². The van der Waals surface area contributed by atoms with E-state index < -0.39 is 6.10 Å². The second-order valence-corrected chi connectivity index (χ2v) is 5.39. The standard InChI is InChI=1S/C14H30O4/c1-11(2)6-7-16-9-13(4)18-10-14(5)17-8-12(3)15/h11-15H,6-10H2,1-5H3. The molecule has 110 valence electrons. The van der Waals surface area contributed by atoms with Gasteiger partial charge in [-0.05, 0) is 33.1 Å². The molecule has 18 heavy (non-hydrogen) atoms. The van der Waals surface area contributed by atoms with Gasteiger partial charge < -0.3 is 19.3 Å². The second kappa shape index (κ2) is 10.7. The Morgan fingerprint density at radius 3 is 1.94 bits per heavy atom. The molecule has 0 aromatic rings. The monoisotopic (exact) mass is 262 g/mol. The molecule has 0 saturated heterocycles. The first-order chi connectivity index (χ1) is 8.41. The number of ether oxygens (including phenoxy) is 3. The molecule has 3 atom stereocenters. The Morgan fingerprint density at radius 2 is 1.39 bits per heavy atom. The fourth-order valence-corrected chi connectivity index (χ4v) is 1.27. The molecule has 1 N–H and O–H groups in total. The second-order valence-electron chi connectivity index (χ2n) is 5.39. The van der Waals surface area contributed by atoms with Gasteiger partial charge in [0, 0.05) is 6.61 Å². The van der Waals surface area contributed by atoms with Gasteiger partial charge in [0.15, 0.2) is 0 Å². The van der Waals surface area contributed by atoms with Crippen LogP contribution in [0, 0.1) is 5.92 Å². The molecule has 4 nitrogen and oxygen atoms in total. The molecule has 3 unspecified atom stereocenters. The van der Waals surface area contributed by atoms with Gasteiger partial charge in [0.1, 0.15) is 0 Å². The number of aliphatic hydroxyl groups excluding tert-OH is 1. The summed E-state index contributed by atoms with van der Waals surface area (Å²) < 4.78 is 16.5. The van der Waals surface area contributed by atoms with E-state index in [1.54, 1.807) is 6.92 Å². The molecule has 0 aromatic heterocycles. The van der Waals surface area contributed by atoms with Gasteiger partial charge in [0.05, 0.1) is 38.1 Å². The van der Waals surface area contributed by atoms with Crippen molar-refractivity contribution in [2.75, 3.05) is 26.4 Å². The van der Waals surface area contributed by atoms with Gasteiger partial charge in [-0.1, -0.05) is 13.8 Å². The zero-order chi connectivity index (χ0) is 14.0. The molecule has 0 radical (unpaired) electrons. The molecule has 0 aliphatic heterocycles. The number of rotatable bonds is 11. The Balaban J connectivity index is 3.42. The lowest BCUT2D eigenvalue weighted by atomic mass is 10.1. The number of aliphatic hydroxyl groups is 1. The average Bonchev–Trinajstić information content (AvgIpc) is 2.29. The van der Waals surface area contributed by atoms with Crippen LogP contribution in [0.4, 0.5) is 0 Å². The van der Waals surface area contributed by atoms with Crippen molar-refractivity contribution in [1.82, 2.24) is 0 Å². The minimum atomic E-state index is -0.427. The van der Waals surface area contributed by atoms with E-state index >= 15 is 0 Å². The average molecular weight is 262 g/mol. The van der Waals surface area contributed by atoms with Crippen molar-refractivity contribution >= 4 is 0 Å². The normalized spacial score (nSPS) is 16.8. The van der Waals surface area contributed by atoms with E-state index in [1.807, 2.05) is 13.8 Å². The molecule has 0 bridgehead atoms. The highest BCUT2D eigenvalue weighted by Crippen LogP contribution is 2.02. The van der Waals surface area contributed by atoms with Gasteiger partial charge in [-0.2, -0.15) is 0 Å². The van der Waals surface area contributed by atoms with Crippen molar-refractivity contribution in [3.63, 3.8) is 0 Å². The van der Waals surface area contributed by atoms with E-state index in [2.05, 4.69) is 13.8 Å². The zero-order valence-corrected chi connectivity index (χ0v) is 12.5. The van der Waals surface area contributed by atoms with Gasteiger partial charge in [-0.25, -0.2) is 0 Å². The van der Waals surface area contributed by atoms with Crippen LogP contribution in [-0.2, 0) is 14.2 Å². The summed E-state index contributed by atoms with van der Waals surface area (Å²) in [4.78, 5) is 0.